The minimum absolute atomic E-state index is 0.0782. The number of piperazine rings is 1. The summed E-state index contributed by atoms with van der Waals surface area (Å²) in [4.78, 5) is 19.4. The molecule has 0 amide bonds. The van der Waals surface area contributed by atoms with E-state index in [1.807, 2.05) is 0 Å². The molecular formula is C21H26F2N4O. The minimum atomic E-state index is -0.687. The molecule has 2 aromatic rings. The van der Waals surface area contributed by atoms with Gasteiger partial charge in [0.05, 0.1) is 16.7 Å². The summed E-state index contributed by atoms with van der Waals surface area (Å²) >= 11 is 0. The van der Waals surface area contributed by atoms with Gasteiger partial charge in [0.15, 0.2) is 5.82 Å². The summed E-state index contributed by atoms with van der Waals surface area (Å²) in [6.45, 7) is 11.2. The van der Waals surface area contributed by atoms with Gasteiger partial charge in [0, 0.05) is 49.9 Å². The predicted molar refractivity (Wildman–Crippen MR) is 109 cm³/mol. The fraction of sp³-hybridized carbons (Fsp3) is 0.476. The summed E-state index contributed by atoms with van der Waals surface area (Å²) in [5.41, 5.74) is 1.06. The zero-order chi connectivity index (χ0) is 20.7. The lowest BCUT2D eigenvalue weighted by atomic mass is 9.85. The molecule has 0 saturated carbocycles. The van der Waals surface area contributed by atoms with Crippen LogP contribution in [0.25, 0.3) is 10.9 Å². The first-order valence-corrected chi connectivity index (χ1v) is 9.43. The standard InChI is InChI=1S/C21H26F2N4O/c1-11-9-27-18-14-8-15(22)12(2)16(23)17(14)26(7)20(28)19(18)25(6)13(3)21(27,4)10-24(11)5/h8,11H,3,9-10H2,1-2,4-7H3. The van der Waals surface area contributed by atoms with E-state index in [0.717, 1.165) is 5.70 Å². The molecule has 0 aliphatic carbocycles. The Labute approximate surface area is 163 Å². The Morgan fingerprint density at radius 3 is 2.50 bits per heavy atom. The highest BCUT2D eigenvalue weighted by Gasteiger charge is 2.49. The van der Waals surface area contributed by atoms with Gasteiger partial charge in [0.1, 0.15) is 11.5 Å². The van der Waals surface area contributed by atoms with Crippen LogP contribution in [0.15, 0.2) is 23.1 Å². The number of anilines is 2. The molecule has 0 bridgehead atoms. The lowest BCUT2D eigenvalue weighted by molar-refractivity contribution is 0.167. The molecule has 2 atom stereocenters. The van der Waals surface area contributed by atoms with Crippen LogP contribution in [0.4, 0.5) is 20.2 Å². The van der Waals surface area contributed by atoms with Crippen molar-refractivity contribution in [3.05, 3.63) is 45.9 Å². The third kappa shape index (κ3) is 2.16. The van der Waals surface area contributed by atoms with Crippen LogP contribution in [-0.2, 0) is 7.05 Å². The summed E-state index contributed by atoms with van der Waals surface area (Å²) < 4.78 is 30.9. The van der Waals surface area contributed by atoms with Crippen molar-refractivity contribution in [3.63, 3.8) is 0 Å². The predicted octanol–water partition coefficient (Wildman–Crippen LogP) is 2.99. The molecule has 28 heavy (non-hydrogen) atoms. The number of aryl methyl sites for hydroxylation is 1. The van der Waals surface area contributed by atoms with Crippen LogP contribution in [0.1, 0.15) is 19.4 Å². The molecule has 150 valence electrons. The molecule has 1 aromatic carbocycles. The Morgan fingerprint density at radius 1 is 1.21 bits per heavy atom. The number of halogens is 2. The number of nitrogens with zero attached hydrogens (tertiary/aromatic N) is 4. The van der Waals surface area contributed by atoms with Gasteiger partial charge in [0.25, 0.3) is 5.56 Å². The average molecular weight is 388 g/mol. The Balaban J connectivity index is 2.18. The number of fused-ring (bicyclic) bond motifs is 5. The molecule has 1 saturated heterocycles. The number of pyridine rings is 1. The molecule has 1 aromatic heterocycles. The topological polar surface area (TPSA) is 31.7 Å². The van der Waals surface area contributed by atoms with E-state index in [2.05, 4.69) is 37.3 Å². The van der Waals surface area contributed by atoms with Gasteiger partial charge in [-0.1, -0.05) is 6.58 Å². The van der Waals surface area contributed by atoms with Gasteiger partial charge in [-0.3, -0.25) is 9.69 Å². The van der Waals surface area contributed by atoms with E-state index in [1.54, 1.807) is 11.9 Å². The Hall–Kier alpha value is -2.41. The SMILES string of the molecule is C=C1N(C)c2c(c3cc(F)c(C)c(F)c3n(C)c2=O)N2CC(C)N(C)CC12C. The van der Waals surface area contributed by atoms with Crippen molar-refractivity contribution < 1.29 is 8.78 Å². The Kier molecular flexibility index (Phi) is 3.92. The summed E-state index contributed by atoms with van der Waals surface area (Å²) in [6, 6.07) is 1.58. The molecule has 7 heteroatoms. The van der Waals surface area contributed by atoms with Gasteiger partial charge in [-0.2, -0.15) is 0 Å². The van der Waals surface area contributed by atoms with Gasteiger partial charge in [-0.25, -0.2) is 8.78 Å². The molecular weight excluding hydrogens is 362 g/mol. The molecule has 5 nitrogen and oxygen atoms in total. The molecule has 2 unspecified atom stereocenters. The highest BCUT2D eigenvalue weighted by molar-refractivity contribution is 6.01. The van der Waals surface area contributed by atoms with E-state index in [0.29, 0.717) is 29.9 Å². The van der Waals surface area contributed by atoms with Gasteiger partial charge in [0.2, 0.25) is 0 Å². The monoisotopic (exact) mass is 388 g/mol. The molecule has 0 spiro atoms. The molecule has 0 radical (unpaired) electrons. The maximum Gasteiger partial charge on any atom is 0.276 e. The van der Waals surface area contributed by atoms with Gasteiger partial charge in [-0.15, -0.1) is 0 Å². The highest BCUT2D eigenvalue weighted by Crippen LogP contribution is 2.48. The van der Waals surface area contributed by atoms with Crippen molar-refractivity contribution in [1.29, 1.82) is 0 Å². The third-order valence-electron chi connectivity index (χ3n) is 6.73. The van der Waals surface area contributed by atoms with Crippen LogP contribution in [0.5, 0.6) is 0 Å². The molecule has 0 N–H and O–H groups in total. The fourth-order valence-corrected chi connectivity index (χ4v) is 4.69. The first-order chi connectivity index (χ1) is 13.0. The number of benzene rings is 1. The second kappa shape index (κ2) is 5.80. The van der Waals surface area contributed by atoms with E-state index >= 15 is 4.39 Å². The second-order valence-corrected chi connectivity index (χ2v) is 8.41. The van der Waals surface area contributed by atoms with Crippen molar-refractivity contribution >= 4 is 22.3 Å². The average Bonchev–Trinajstić information content (AvgIpc) is 2.63. The van der Waals surface area contributed by atoms with Gasteiger partial charge < -0.3 is 14.4 Å². The number of hydrogen-bond acceptors (Lipinski definition) is 4. The molecule has 1 fully saturated rings. The van der Waals surface area contributed by atoms with Crippen molar-refractivity contribution in [2.24, 2.45) is 7.05 Å². The summed E-state index contributed by atoms with van der Waals surface area (Å²) in [5.74, 6) is -1.30. The summed E-state index contributed by atoms with van der Waals surface area (Å²) in [5, 5.41) is 0.417. The summed E-state index contributed by atoms with van der Waals surface area (Å²) in [6.07, 6.45) is 0. The zero-order valence-corrected chi connectivity index (χ0v) is 17.2. The van der Waals surface area contributed by atoms with Crippen LogP contribution < -0.4 is 15.4 Å². The minimum Gasteiger partial charge on any atom is -0.355 e. The fourth-order valence-electron chi connectivity index (χ4n) is 4.69. The lowest BCUT2D eigenvalue weighted by Crippen LogP contribution is -2.68. The Bertz CT molecular complexity index is 1090. The number of aromatic nitrogens is 1. The lowest BCUT2D eigenvalue weighted by Gasteiger charge is -2.57. The molecule has 2 aliphatic rings. The van der Waals surface area contributed by atoms with Gasteiger partial charge >= 0.3 is 0 Å². The van der Waals surface area contributed by atoms with Crippen LogP contribution in [0.3, 0.4) is 0 Å². The van der Waals surface area contributed by atoms with E-state index in [4.69, 9.17) is 0 Å². The highest BCUT2D eigenvalue weighted by atomic mass is 19.1. The van der Waals surface area contributed by atoms with E-state index in [1.165, 1.54) is 24.6 Å². The van der Waals surface area contributed by atoms with Crippen molar-refractivity contribution in [2.45, 2.75) is 32.4 Å². The Morgan fingerprint density at radius 2 is 1.86 bits per heavy atom. The van der Waals surface area contributed by atoms with Crippen molar-refractivity contribution in [2.75, 3.05) is 37.0 Å². The quantitative estimate of drug-likeness (QED) is 0.695. The maximum atomic E-state index is 15.0. The number of likely N-dealkylation sites (N-methyl/N-ethyl adjacent to an activating group) is 2. The number of rotatable bonds is 0. The first-order valence-electron chi connectivity index (χ1n) is 9.43. The van der Waals surface area contributed by atoms with E-state index < -0.39 is 17.2 Å². The van der Waals surface area contributed by atoms with Crippen LogP contribution in [-0.4, -0.2) is 48.2 Å². The molecule has 3 heterocycles. The summed E-state index contributed by atoms with van der Waals surface area (Å²) in [7, 11) is 5.39. The normalized spacial score (nSPS) is 25.3. The van der Waals surface area contributed by atoms with Crippen LogP contribution in [0, 0.1) is 18.6 Å². The van der Waals surface area contributed by atoms with Crippen molar-refractivity contribution in [3.8, 4) is 0 Å². The zero-order valence-electron chi connectivity index (χ0n) is 17.2. The smallest absolute Gasteiger partial charge is 0.276 e. The van der Waals surface area contributed by atoms with E-state index in [-0.39, 0.29) is 22.7 Å². The second-order valence-electron chi connectivity index (χ2n) is 8.41. The van der Waals surface area contributed by atoms with Crippen molar-refractivity contribution in [1.82, 2.24) is 9.47 Å². The third-order valence-corrected chi connectivity index (χ3v) is 6.73. The van der Waals surface area contributed by atoms with Crippen LogP contribution in [0.2, 0.25) is 0 Å². The van der Waals surface area contributed by atoms with Gasteiger partial charge in [-0.05, 0) is 33.9 Å². The number of hydrogen-bond donors (Lipinski definition) is 0. The van der Waals surface area contributed by atoms with Crippen LogP contribution >= 0.6 is 0 Å². The maximum absolute atomic E-state index is 15.0. The first kappa shape index (κ1) is 18.9. The molecule has 4 rings (SSSR count). The van der Waals surface area contributed by atoms with E-state index in [9.17, 15) is 9.18 Å². The largest absolute Gasteiger partial charge is 0.355 e. The molecule has 2 aliphatic heterocycles.